The molecule has 1 unspecified atom stereocenters. The van der Waals surface area contributed by atoms with Gasteiger partial charge in [0, 0.05) is 20.2 Å². The number of ether oxygens (including phenoxy) is 1. The van der Waals surface area contributed by atoms with Crippen LogP contribution in [0.5, 0.6) is 0 Å². The van der Waals surface area contributed by atoms with Crippen LogP contribution < -0.4 is 0 Å². The maximum atomic E-state index is 11.6. The highest BCUT2D eigenvalue weighted by Gasteiger charge is 2.24. The van der Waals surface area contributed by atoms with Crippen LogP contribution in [0.4, 0.5) is 0 Å². The van der Waals surface area contributed by atoms with Crippen LogP contribution in [0.15, 0.2) is 0 Å². The van der Waals surface area contributed by atoms with Gasteiger partial charge in [0.2, 0.25) is 0 Å². The van der Waals surface area contributed by atoms with Crippen LogP contribution in [0, 0.1) is 0 Å². The second-order valence-corrected chi connectivity index (χ2v) is 3.29. The molecule has 1 heterocycles. The number of aliphatic hydroxyl groups excluding tert-OH is 1. The normalized spacial score (nSPS) is 20.0. The molecule has 0 aliphatic carbocycles. The summed E-state index contributed by atoms with van der Waals surface area (Å²) in [6.45, 7) is 1.38. The van der Waals surface area contributed by atoms with Crippen LogP contribution in [0.2, 0.25) is 0 Å². The quantitative estimate of drug-likeness (QED) is 0.677. The number of amides is 1. The summed E-state index contributed by atoms with van der Waals surface area (Å²) in [5, 5.41) is 8.85. The van der Waals surface area contributed by atoms with Gasteiger partial charge in [-0.2, -0.15) is 0 Å². The molecule has 0 saturated carbocycles. The van der Waals surface area contributed by atoms with Crippen molar-refractivity contribution in [1.29, 1.82) is 0 Å². The zero-order valence-corrected chi connectivity index (χ0v) is 8.03. The van der Waals surface area contributed by atoms with E-state index < -0.39 is 6.10 Å². The number of piperidine rings is 1. The van der Waals surface area contributed by atoms with Gasteiger partial charge >= 0.3 is 0 Å². The molecule has 4 nitrogen and oxygen atoms in total. The van der Waals surface area contributed by atoms with Gasteiger partial charge in [-0.3, -0.25) is 4.79 Å². The number of carbonyl (C=O) groups is 1. The van der Waals surface area contributed by atoms with E-state index in [1.807, 2.05) is 0 Å². The molecule has 1 saturated heterocycles. The minimum absolute atomic E-state index is 0.0790. The lowest BCUT2D eigenvalue weighted by Crippen LogP contribution is -2.44. The lowest BCUT2D eigenvalue weighted by Gasteiger charge is -2.29. The molecule has 1 aliphatic heterocycles. The summed E-state index contributed by atoms with van der Waals surface area (Å²) in [6, 6.07) is 0. The molecule has 0 aromatic heterocycles. The summed E-state index contributed by atoms with van der Waals surface area (Å²) >= 11 is 0. The molecule has 1 N–H and O–H groups in total. The maximum absolute atomic E-state index is 11.6. The third-order valence-corrected chi connectivity index (χ3v) is 2.39. The predicted octanol–water partition coefficient (Wildman–Crippen LogP) is 0.00620. The average Bonchev–Trinajstić information content (AvgIpc) is 2.21. The van der Waals surface area contributed by atoms with Crippen LogP contribution in [0.1, 0.15) is 19.3 Å². The molecule has 1 atom stereocenters. The zero-order chi connectivity index (χ0) is 9.68. The Bertz CT molecular complexity index is 162. The molecule has 0 radical (unpaired) electrons. The Morgan fingerprint density at radius 3 is 2.54 bits per heavy atom. The molecule has 1 aliphatic rings. The van der Waals surface area contributed by atoms with Crippen molar-refractivity contribution in [2.45, 2.75) is 25.4 Å². The molecule has 1 amide bonds. The lowest BCUT2D eigenvalue weighted by atomic mass is 10.1. The van der Waals surface area contributed by atoms with Crippen LogP contribution in [0.3, 0.4) is 0 Å². The van der Waals surface area contributed by atoms with Crippen molar-refractivity contribution in [3.63, 3.8) is 0 Å². The van der Waals surface area contributed by atoms with Crippen LogP contribution in [-0.2, 0) is 9.53 Å². The molecule has 0 bridgehead atoms. The van der Waals surface area contributed by atoms with E-state index in [0.29, 0.717) is 0 Å². The van der Waals surface area contributed by atoms with E-state index in [9.17, 15) is 4.79 Å². The molecule has 1 rings (SSSR count). The molecule has 76 valence electrons. The number of aliphatic hydroxyl groups is 1. The largest absolute Gasteiger partial charge is 0.393 e. The number of hydrogen-bond acceptors (Lipinski definition) is 3. The molecule has 0 spiro atoms. The van der Waals surface area contributed by atoms with Crippen molar-refractivity contribution in [1.82, 2.24) is 4.90 Å². The fourth-order valence-corrected chi connectivity index (χ4v) is 1.57. The standard InChI is InChI=1S/C9H17NO3/c1-13-8(7-11)9(12)10-5-3-2-4-6-10/h8,11H,2-7H2,1H3. The average molecular weight is 187 g/mol. The minimum atomic E-state index is -0.668. The number of carbonyl (C=O) groups excluding carboxylic acids is 1. The summed E-state index contributed by atoms with van der Waals surface area (Å²) in [6.07, 6.45) is 2.65. The Balaban J connectivity index is 2.44. The summed E-state index contributed by atoms with van der Waals surface area (Å²) < 4.78 is 4.87. The summed E-state index contributed by atoms with van der Waals surface area (Å²) in [4.78, 5) is 13.4. The molecule has 4 heteroatoms. The van der Waals surface area contributed by atoms with Crippen molar-refractivity contribution >= 4 is 5.91 Å². The number of rotatable bonds is 3. The smallest absolute Gasteiger partial charge is 0.254 e. The Hall–Kier alpha value is -0.610. The molecule has 1 fully saturated rings. The summed E-state index contributed by atoms with van der Waals surface area (Å²) in [5.41, 5.74) is 0. The highest BCUT2D eigenvalue weighted by atomic mass is 16.5. The second kappa shape index (κ2) is 5.19. The first kappa shape index (κ1) is 10.5. The fourth-order valence-electron chi connectivity index (χ4n) is 1.57. The van der Waals surface area contributed by atoms with Gasteiger partial charge in [0.05, 0.1) is 6.61 Å². The SMILES string of the molecule is COC(CO)C(=O)N1CCCCC1. The van der Waals surface area contributed by atoms with E-state index in [1.165, 1.54) is 13.5 Å². The lowest BCUT2D eigenvalue weighted by molar-refractivity contribution is -0.145. The van der Waals surface area contributed by atoms with E-state index in [0.717, 1.165) is 25.9 Å². The van der Waals surface area contributed by atoms with Crippen LogP contribution in [-0.4, -0.2) is 48.8 Å². The first-order valence-electron chi connectivity index (χ1n) is 4.72. The Morgan fingerprint density at radius 1 is 1.46 bits per heavy atom. The summed E-state index contributed by atoms with van der Waals surface area (Å²) in [7, 11) is 1.45. The van der Waals surface area contributed by atoms with E-state index in [-0.39, 0.29) is 12.5 Å². The number of hydrogen-bond donors (Lipinski definition) is 1. The topological polar surface area (TPSA) is 49.8 Å². The van der Waals surface area contributed by atoms with E-state index in [1.54, 1.807) is 4.90 Å². The van der Waals surface area contributed by atoms with Crippen molar-refractivity contribution in [3.8, 4) is 0 Å². The predicted molar refractivity (Wildman–Crippen MR) is 48.3 cm³/mol. The Labute approximate surface area is 78.5 Å². The van der Waals surface area contributed by atoms with Gasteiger partial charge < -0.3 is 14.7 Å². The highest BCUT2D eigenvalue weighted by molar-refractivity contribution is 5.81. The third-order valence-electron chi connectivity index (χ3n) is 2.39. The molecule has 0 aromatic carbocycles. The Morgan fingerprint density at radius 2 is 2.08 bits per heavy atom. The van der Waals surface area contributed by atoms with Crippen molar-refractivity contribution in [2.24, 2.45) is 0 Å². The van der Waals surface area contributed by atoms with E-state index in [4.69, 9.17) is 9.84 Å². The highest BCUT2D eigenvalue weighted by Crippen LogP contribution is 2.10. The number of likely N-dealkylation sites (tertiary alicyclic amines) is 1. The molecule has 0 aromatic rings. The van der Waals surface area contributed by atoms with Gasteiger partial charge in [-0.25, -0.2) is 0 Å². The van der Waals surface area contributed by atoms with Gasteiger partial charge in [-0.1, -0.05) is 0 Å². The van der Waals surface area contributed by atoms with Gasteiger partial charge in [-0.05, 0) is 19.3 Å². The molecular formula is C9H17NO3. The third kappa shape index (κ3) is 2.67. The second-order valence-electron chi connectivity index (χ2n) is 3.29. The number of nitrogens with zero attached hydrogens (tertiary/aromatic N) is 1. The Kier molecular flexibility index (Phi) is 4.18. The zero-order valence-electron chi connectivity index (χ0n) is 8.03. The monoisotopic (exact) mass is 187 g/mol. The van der Waals surface area contributed by atoms with Crippen LogP contribution >= 0.6 is 0 Å². The fraction of sp³-hybridized carbons (Fsp3) is 0.889. The first-order valence-corrected chi connectivity index (χ1v) is 4.72. The van der Waals surface area contributed by atoms with Gasteiger partial charge in [0.15, 0.2) is 6.10 Å². The van der Waals surface area contributed by atoms with Crippen molar-refractivity contribution < 1.29 is 14.6 Å². The minimum Gasteiger partial charge on any atom is -0.393 e. The molecular weight excluding hydrogens is 170 g/mol. The van der Waals surface area contributed by atoms with Gasteiger partial charge in [0.25, 0.3) is 5.91 Å². The maximum Gasteiger partial charge on any atom is 0.254 e. The van der Waals surface area contributed by atoms with E-state index >= 15 is 0 Å². The van der Waals surface area contributed by atoms with Crippen LogP contribution in [0.25, 0.3) is 0 Å². The van der Waals surface area contributed by atoms with Crippen molar-refractivity contribution in [3.05, 3.63) is 0 Å². The van der Waals surface area contributed by atoms with Crippen molar-refractivity contribution in [2.75, 3.05) is 26.8 Å². The molecule has 13 heavy (non-hydrogen) atoms. The summed E-state index contributed by atoms with van der Waals surface area (Å²) in [5.74, 6) is -0.0790. The first-order chi connectivity index (χ1) is 6.29. The van der Waals surface area contributed by atoms with Gasteiger partial charge in [-0.15, -0.1) is 0 Å². The van der Waals surface area contributed by atoms with Gasteiger partial charge in [0.1, 0.15) is 0 Å². The number of methoxy groups -OCH3 is 1. The van der Waals surface area contributed by atoms with E-state index in [2.05, 4.69) is 0 Å².